The maximum Gasteiger partial charge on any atom is 0.277 e. The van der Waals surface area contributed by atoms with E-state index in [4.69, 9.17) is 21.1 Å². The number of carbonyl (C=O) groups is 1. The quantitative estimate of drug-likeness (QED) is 0.417. The highest BCUT2D eigenvalue weighted by molar-refractivity contribution is 6.30. The van der Waals surface area contributed by atoms with Crippen molar-refractivity contribution in [2.24, 2.45) is 5.10 Å². The number of nitrogens with one attached hydrogen (secondary N) is 1. The number of rotatable bonds is 9. The van der Waals surface area contributed by atoms with Crippen LogP contribution in [0.1, 0.15) is 25.3 Å². The fraction of sp³-hybridized carbons (Fsp3) is 0.263. The minimum Gasteiger partial charge on any atom is -0.494 e. The second kappa shape index (κ2) is 10.4. The zero-order valence-electron chi connectivity index (χ0n) is 14.1. The second-order valence-electron chi connectivity index (χ2n) is 5.31. The van der Waals surface area contributed by atoms with Crippen LogP contribution in [0, 0.1) is 0 Å². The molecule has 0 saturated heterocycles. The van der Waals surface area contributed by atoms with E-state index in [1.807, 2.05) is 24.3 Å². The molecular weight excluding hydrogens is 340 g/mol. The Balaban J connectivity index is 1.72. The normalized spacial score (nSPS) is 10.6. The predicted molar refractivity (Wildman–Crippen MR) is 99.5 cm³/mol. The van der Waals surface area contributed by atoms with Gasteiger partial charge in [0.2, 0.25) is 0 Å². The molecule has 0 aromatic heterocycles. The number of hydrogen-bond acceptors (Lipinski definition) is 4. The molecule has 1 amide bonds. The number of halogens is 1. The lowest BCUT2D eigenvalue weighted by atomic mass is 10.2. The van der Waals surface area contributed by atoms with Crippen molar-refractivity contribution in [1.82, 2.24) is 5.43 Å². The zero-order chi connectivity index (χ0) is 17.9. The van der Waals surface area contributed by atoms with Gasteiger partial charge in [-0.05, 0) is 60.5 Å². The largest absolute Gasteiger partial charge is 0.494 e. The molecule has 6 heteroatoms. The first-order valence-corrected chi connectivity index (χ1v) is 8.48. The Kier molecular flexibility index (Phi) is 7.79. The number of nitrogens with zero attached hydrogens (tertiary/aromatic N) is 1. The number of unbranched alkanes of at least 4 members (excludes halogenated alkanes) is 1. The summed E-state index contributed by atoms with van der Waals surface area (Å²) in [6.45, 7) is 2.72. The van der Waals surface area contributed by atoms with E-state index in [0.29, 0.717) is 17.4 Å². The first kappa shape index (κ1) is 18.8. The van der Waals surface area contributed by atoms with Gasteiger partial charge in [0.05, 0.1) is 12.8 Å². The minimum absolute atomic E-state index is 0.122. The van der Waals surface area contributed by atoms with Gasteiger partial charge in [-0.2, -0.15) is 5.10 Å². The molecule has 5 nitrogen and oxygen atoms in total. The zero-order valence-corrected chi connectivity index (χ0v) is 14.8. The van der Waals surface area contributed by atoms with Crippen LogP contribution in [0.25, 0.3) is 0 Å². The van der Waals surface area contributed by atoms with E-state index >= 15 is 0 Å². The summed E-state index contributed by atoms with van der Waals surface area (Å²) in [5.41, 5.74) is 3.28. The molecule has 0 aliphatic rings. The number of ether oxygens (including phenoxy) is 2. The smallest absolute Gasteiger partial charge is 0.277 e. The number of hydrogen-bond donors (Lipinski definition) is 1. The van der Waals surface area contributed by atoms with Crippen LogP contribution in [-0.2, 0) is 4.79 Å². The van der Waals surface area contributed by atoms with E-state index in [2.05, 4.69) is 17.5 Å². The molecule has 2 rings (SSSR count). The molecule has 0 aliphatic carbocycles. The highest BCUT2D eigenvalue weighted by Gasteiger charge is 2.01. The summed E-state index contributed by atoms with van der Waals surface area (Å²) < 4.78 is 10.9. The van der Waals surface area contributed by atoms with E-state index in [1.54, 1.807) is 30.5 Å². The molecule has 0 atom stereocenters. The van der Waals surface area contributed by atoms with Gasteiger partial charge in [0, 0.05) is 5.02 Å². The Morgan fingerprint density at radius 1 is 1.08 bits per heavy atom. The Morgan fingerprint density at radius 3 is 2.40 bits per heavy atom. The standard InChI is InChI=1S/C19H21ClN2O3/c1-2-3-12-24-17-8-4-15(5-9-17)13-21-22-19(23)14-25-18-10-6-16(20)7-11-18/h4-11,13H,2-3,12,14H2,1H3,(H,22,23)/b21-13-. The van der Waals surface area contributed by atoms with Crippen molar-refractivity contribution in [1.29, 1.82) is 0 Å². The highest BCUT2D eigenvalue weighted by Crippen LogP contribution is 2.15. The van der Waals surface area contributed by atoms with Crippen molar-refractivity contribution in [3.8, 4) is 11.5 Å². The van der Waals surface area contributed by atoms with Gasteiger partial charge < -0.3 is 9.47 Å². The maximum atomic E-state index is 11.7. The average Bonchev–Trinajstić information content (AvgIpc) is 2.63. The molecule has 0 aliphatic heterocycles. The van der Waals surface area contributed by atoms with Crippen LogP contribution in [-0.4, -0.2) is 25.3 Å². The number of hydrazone groups is 1. The molecule has 0 spiro atoms. The van der Waals surface area contributed by atoms with Gasteiger partial charge in [-0.3, -0.25) is 4.79 Å². The summed E-state index contributed by atoms with van der Waals surface area (Å²) in [4.78, 5) is 11.7. The van der Waals surface area contributed by atoms with E-state index < -0.39 is 0 Å². The molecule has 0 bridgehead atoms. The minimum atomic E-state index is -0.342. The molecule has 0 heterocycles. The number of benzene rings is 2. The molecule has 25 heavy (non-hydrogen) atoms. The number of carbonyl (C=O) groups excluding carboxylic acids is 1. The average molecular weight is 361 g/mol. The Bertz CT molecular complexity index is 685. The SMILES string of the molecule is CCCCOc1ccc(/C=N\NC(=O)COc2ccc(Cl)cc2)cc1. The Labute approximate surface area is 152 Å². The lowest BCUT2D eigenvalue weighted by Crippen LogP contribution is -2.24. The molecule has 132 valence electrons. The summed E-state index contributed by atoms with van der Waals surface area (Å²) in [5, 5.41) is 4.52. The Hall–Kier alpha value is -2.53. The topological polar surface area (TPSA) is 59.9 Å². The Morgan fingerprint density at radius 2 is 1.72 bits per heavy atom. The fourth-order valence-corrected chi connectivity index (χ4v) is 2.00. The van der Waals surface area contributed by atoms with Crippen LogP contribution in [0.2, 0.25) is 5.02 Å². The first-order valence-electron chi connectivity index (χ1n) is 8.10. The van der Waals surface area contributed by atoms with Gasteiger partial charge in [0.1, 0.15) is 11.5 Å². The summed E-state index contributed by atoms with van der Waals surface area (Å²) in [7, 11) is 0. The van der Waals surface area contributed by atoms with E-state index in [0.717, 1.165) is 24.2 Å². The van der Waals surface area contributed by atoms with Crippen molar-refractivity contribution >= 4 is 23.7 Å². The van der Waals surface area contributed by atoms with E-state index in [-0.39, 0.29) is 12.5 Å². The monoisotopic (exact) mass is 360 g/mol. The fourth-order valence-electron chi connectivity index (χ4n) is 1.88. The summed E-state index contributed by atoms with van der Waals surface area (Å²) in [6.07, 6.45) is 3.70. The van der Waals surface area contributed by atoms with Gasteiger partial charge in [0.25, 0.3) is 5.91 Å². The van der Waals surface area contributed by atoms with Crippen molar-refractivity contribution in [3.05, 3.63) is 59.1 Å². The molecule has 2 aromatic rings. The maximum absolute atomic E-state index is 11.7. The number of amides is 1. The van der Waals surface area contributed by atoms with Crippen LogP contribution >= 0.6 is 11.6 Å². The van der Waals surface area contributed by atoms with Crippen LogP contribution in [0.4, 0.5) is 0 Å². The van der Waals surface area contributed by atoms with Gasteiger partial charge in [-0.25, -0.2) is 5.43 Å². The van der Waals surface area contributed by atoms with Crippen LogP contribution in [0.3, 0.4) is 0 Å². The first-order chi connectivity index (χ1) is 12.2. The van der Waals surface area contributed by atoms with Gasteiger partial charge >= 0.3 is 0 Å². The molecule has 0 fully saturated rings. The molecule has 0 saturated carbocycles. The molecule has 0 unspecified atom stereocenters. The van der Waals surface area contributed by atoms with Gasteiger partial charge in [-0.15, -0.1) is 0 Å². The lowest BCUT2D eigenvalue weighted by Gasteiger charge is -2.05. The van der Waals surface area contributed by atoms with Gasteiger partial charge in [0.15, 0.2) is 6.61 Å². The third kappa shape index (κ3) is 7.27. The van der Waals surface area contributed by atoms with Crippen molar-refractivity contribution < 1.29 is 14.3 Å². The van der Waals surface area contributed by atoms with Gasteiger partial charge in [-0.1, -0.05) is 24.9 Å². The second-order valence-corrected chi connectivity index (χ2v) is 5.74. The summed E-state index contributed by atoms with van der Waals surface area (Å²) in [5.74, 6) is 1.05. The lowest BCUT2D eigenvalue weighted by molar-refractivity contribution is -0.123. The van der Waals surface area contributed by atoms with E-state index in [9.17, 15) is 4.79 Å². The van der Waals surface area contributed by atoms with Crippen molar-refractivity contribution in [2.75, 3.05) is 13.2 Å². The summed E-state index contributed by atoms with van der Waals surface area (Å²) in [6, 6.07) is 14.3. The van der Waals surface area contributed by atoms with Crippen molar-refractivity contribution in [2.45, 2.75) is 19.8 Å². The molecule has 2 aromatic carbocycles. The third-order valence-electron chi connectivity index (χ3n) is 3.23. The summed E-state index contributed by atoms with van der Waals surface area (Å²) >= 11 is 5.78. The van der Waals surface area contributed by atoms with Crippen LogP contribution in [0.5, 0.6) is 11.5 Å². The van der Waals surface area contributed by atoms with E-state index in [1.165, 1.54) is 0 Å². The highest BCUT2D eigenvalue weighted by atomic mass is 35.5. The molecule has 1 N–H and O–H groups in total. The molecule has 0 radical (unpaired) electrons. The third-order valence-corrected chi connectivity index (χ3v) is 3.49. The predicted octanol–water partition coefficient (Wildman–Crippen LogP) is 4.05. The van der Waals surface area contributed by atoms with Crippen molar-refractivity contribution in [3.63, 3.8) is 0 Å². The van der Waals surface area contributed by atoms with Crippen LogP contribution < -0.4 is 14.9 Å². The molecular formula is C19H21ClN2O3. The van der Waals surface area contributed by atoms with Crippen LogP contribution in [0.15, 0.2) is 53.6 Å².